The number of carbonyl (C=O) groups is 1. The van der Waals surface area contributed by atoms with Crippen molar-refractivity contribution in [3.8, 4) is 5.75 Å². The third kappa shape index (κ3) is 3.45. The Balaban J connectivity index is 2.11. The molecular formula is C15H13BrN2O2. The first-order chi connectivity index (χ1) is 9.58. The molecule has 2 rings (SSSR count). The van der Waals surface area contributed by atoms with Crippen LogP contribution in [0, 0.1) is 0 Å². The van der Waals surface area contributed by atoms with Gasteiger partial charge in [0.15, 0.2) is 0 Å². The van der Waals surface area contributed by atoms with Crippen molar-refractivity contribution >= 4 is 27.5 Å². The molecule has 0 saturated heterocycles. The summed E-state index contributed by atoms with van der Waals surface area (Å²) in [6.45, 7) is 1.78. The van der Waals surface area contributed by atoms with Crippen LogP contribution < -0.4 is 5.43 Å². The standard InChI is InChI=1S/C15H13BrN2O2/c1-10(11-6-8-12(19)9-7-11)17-18-15(20)13-4-2-3-5-14(13)16/h2-9,19H,1H3,(H,18,20)/b17-10-. The highest BCUT2D eigenvalue weighted by Gasteiger charge is 2.08. The summed E-state index contributed by atoms with van der Waals surface area (Å²) in [4.78, 5) is 12.0. The second-order valence-electron chi connectivity index (χ2n) is 4.16. The first kappa shape index (κ1) is 14.3. The molecule has 0 aliphatic carbocycles. The topological polar surface area (TPSA) is 61.7 Å². The number of amides is 1. The minimum absolute atomic E-state index is 0.193. The predicted octanol–water partition coefficient (Wildman–Crippen LogP) is 3.31. The number of phenolic OH excluding ortho intramolecular Hbond substituents is 1. The third-order valence-corrected chi connectivity index (χ3v) is 3.42. The van der Waals surface area contributed by atoms with Crippen LogP contribution in [0.5, 0.6) is 5.75 Å². The Morgan fingerprint density at radius 3 is 2.45 bits per heavy atom. The maximum Gasteiger partial charge on any atom is 0.272 e. The number of rotatable bonds is 3. The number of aromatic hydroxyl groups is 1. The van der Waals surface area contributed by atoms with Crippen LogP contribution in [0.25, 0.3) is 0 Å². The highest BCUT2D eigenvalue weighted by atomic mass is 79.9. The normalized spacial score (nSPS) is 11.2. The lowest BCUT2D eigenvalue weighted by Gasteiger charge is -2.04. The fourth-order valence-corrected chi connectivity index (χ4v) is 2.07. The summed E-state index contributed by atoms with van der Waals surface area (Å²) in [6, 6.07) is 13.8. The number of benzene rings is 2. The van der Waals surface area contributed by atoms with Crippen LogP contribution in [0.4, 0.5) is 0 Å². The van der Waals surface area contributed by atoms with Crippen molar-refractivity contribution in [2.75, 3.05) is 0 Å². The lowest BCUT2D eigenvalue weighted by atomic mass is 10.1. The SMILES string of the molecule is C/C(=N/NC(=O)c1ccccc1Br)c1ccc(O)cc1. The van der Waals surface area contributed by atoms with Crippen molar-refractivity contribution in [1.29, 1.82) is 0 Å². The van der Waals surface area contributed by atoms with Gasteiger partial charge < -0.3 is 5.11 Å². The molecule has 0 aliphatic rings. The van der Waals surface area contributed by atoms with Gasteiger partial charge in [0.2, 0.25) is 0 Å². The van der Waals surface area contributed by atoms with E-state index >= 15 is 0 Å². The van der Waals surface area contributed by atoms with E-state index in [2.05, 4.69) is 26.5 Å². The molecule has 0 unspecified atom stereocenters. The van der Waals surface area contributed by atoms with Crippen LogP contribution in [0.15, 0.2) is 58.1 Å². The summed E-state index contributed by atoms with van der Waals surface area (Å²) in [6.07, 6.45) is 0. The van der Waals surface area contributed by atoms with Crippen molar-refractivity contribution in [3.05, 3.63) is 64.1 Å². The van der Waals surface area contributed by atoms with E-state index in [0.717, 1.165) is 10.0 Å². The maximum atomic E-state index is 12.0. The lowest BCUT2D eigenvalue weighted by Crippen LogP contribution is -2.19. The van der Waals surface area contributed by atoms with Crippen molar-refractivity contribution in [3.63, 3.8) is 0 Å². The van der Waals surface area contributed by atoms with Crippen molar-refractivity contribution in [2.45, 2.75) is 6.92 Å². The van der Waals surface area contributed by atoms with Gasteiger partial charge in [0.1, 0.15) is 5.75 Å². The van der Waals surface area contributed by atoms with Crippen molar-refractivity contribution in [1.82, 2.24) is 5.43 Å². The summed E-state index contributed by atoms with van der Waals surface area (Å²) in [7, 11) is 0. The molecule has 5 heteroatoms. The number of nitrogens with zero attached hydrogens (tertiary/aromatic N) is 1. The minimum Gasteiger partial charge on any atom is -0.508 e. The number of carbonyl (C=O) groups excluding carboxylic acids is 1. The molecule has 0 bridgehead atoms. The fourth-order valence-electron chi connectivity index (χ4n) is 1.61. The number of phenols is 1. The van der Waals surface area contributed by atoms with E-state index in [1.807, 2.05) is 6.07 Å². The average molecular weight is 333 g/mol. The summed E-state index contributed by atoms with van der Waals surface area (Å²) >= 11 is 3.32. The molecule has 0 radical (unpaired) electrons. The predicted molar refractivity (Wildman–Crippen MR) is 81.9 cm³/mol. The zero-order valence-electron chi connectivity index (χ0n) is 10.8. The zero-order valence-corrected chi connectivity index (χ0v) is 12.4. The molecule has 2 aromatic rings. The molecule has 0 fully saturated rings. The summed E-state index contributed by atoms with van der Waals surface area (Å²) in [5, 5.41) is 13.3. The molecule has 0 saturated carbocycles. The van der Waals surface area contributed by atoms with Crippen LogP contribution >= 0.6 is 15.9 Å². The zero-order chi connectivity index (χ0) is 14.5. The van der Waals surface area contributed by atoms with Gasteiger partial charge >= 0.3 is 0 Å². The molecular weight excluding hydrogens is 320 g/mol. The Morgan fingerprint density at radius 2 is 1.80 bits per heavy atom. The first-order valence-corrected chi connectivity index (χ1v) is 6.76. The number of nitrogens with one attached hydrogen (secondary N) is 1. The molecule has 0 heterocycles. The summed E-state index contributed by atoms with van der Waals surface area (Å²) in [5.41, 5.74) is 4.52. The highest BCUT2D eigenvalue weighted by molar-refractivity contribution is 9.10. The van der Waals surface area contributed by atoms with Crippen molar-refractivity contribution in [2.24, 2.45) is 5.10 Å². The maximum absolute atomic E-state index is 12.0. The van der Waals surface area contributed by atoms with E-state index in [1.54, 1.807) is 49.4 Å². The molecule has 102 valence electrons. The first-order valence-electron chi connectivity index (χ1n) is 5.96. The van der Waals surface area contributed by atoms with Gasteiger partial charge in [0.25, 0.3) is 5.91 Å². The molecule has 1 amide bonds. The molecule has 0 atom stereocenters. The van der Waals surface area contributed by atoms with Gasteiger partial charge in [0, 0.05) is 4.47 Å². The second kappa shape index (κ2) is 6.34. The van der Waals surface area contributed by atoms with Crippen LogP contribution in [0.2, 0.25) is 0 Å². The molecule has 0 spiro atoms. The molecule has 0 aromatic heterocycles. The average Bonchev–Trinajstić information content (AvgIpc) is 2.45. The summed E-state index contributed by atoms with van der Waals surface area (Å²) < 4.78 is 0.718. The monoisotopic (exact) mass is 332 g/mol. The minimum atomic E-state index is -0.282. The summed E-state index contributed by atoms with van der Waals surface area (Å²) in [5.74, 6) is -0.0885. The Kier molecular flexibility index (Phi) is 4.53. The van der Waals surface area contributed by atoms with Gasteiger partial charge in [-0.25, -0.2) is 5.43 Å². The van der Waals surface area contributed by atoms with Crippen LogP contribution in [-0.4, -0.2) is 16.7 Å². The van der Waals surface area contributed by atoms with Gasteiger partial charge in [-0.05, 0) is 64.8 Å². The third-order valence-electron chi connectivity index (χ3n) is 2.73. The van der Waals surface area contributed by atoms with Crippen LogP contribution in [-0.2, 0) is 0 Å². The van der Waals surface area contributed by atoms with Gasteiger partial charge in [-0.1, -0.05) is 12.1 Å². The molecule has 4 nitrogen and oxygen atoms in total. The smallest absolute Gasteiger partial charge is 0.272 e. The largest absolute Gasteiger partial charge is 0.508 e. The van der Waals surface area contributed by atoms with Gasteiger partial charge in [-0.2, -0.15) is 5.10 Å². The van der Waals surface area contributed by atoms with Crippen LogP contribution in [0.1, 0.15) is 22.8 Å². The van der Waals surface area contributed by atoms with E-state index in [9.17, 15) is 9.90 Å². The van der Waals surface area contributed by atoms with E-state index in [1.165, 1.54) is 0 Å². The number of hydrogen-bond acceptors (Lipinski definition) is 3. The Hall–Kier alpha value is -2.14. The lowest BCUT2D eigenvalue weighted by molar-refractivity contribution is 0.0954. The molecule has 20 heavy (non-hydrogen) atoms. The van der Waals surface area contributed by atoms with Gasteiger partial charge in [0.05, 0.1) is 11.3 Å². The Morgan fingerprint density at radius 1 is 1.15 bits per heavy atom. The molecule has 0 aliphatic heterocycles. The van der Waals surface area contributed by atoms with E-state index in [4.69, 9.17) is 0 Å². The highest BCUT2D eigenvalue weighted by Crippen LogP contribution is 2.15. The van der Waals surface area contributed by atoms with Crippen molar-refractivity contribution < 1.29 is 9.90 Å². The van der Waals surface area contributed by atoms with E-state index in [0.29, 0.717) is 11.3 Å². The second-order valence-corrected chi connectivity index (χ2v) is 5.02. The van der Waals surface area contributed by atoms with Crippen LogP contribution in [0.3, 0.4) is 0 Å². The number of halogens is 1. The van der Waals surface area contributed by atoms with Gasteiger partial charge in [-0.15, -0.1) is 0 Å². The quantitative estimate of drug-likeness (QED) is 0.669. The number of hydrazone groups is 1. The van der Waals surface area contributed by atoms with E-state index in [-0.39, 0.29) is 11.7 Å². The number of hydrogen-bond donors (Lipinski definition) is 2. The van der Waals surface area contributed by atoms with Gasteiger partial charge in [-0.3, -0.25) is 4.79 Å². The molecule has 2 aromatic carbocycles. The molecule has 2 N–H and O–H groups in total. The Bertz CT molecular complexity index is 651. The fraction of sp³-hybridized carbons (Fsp3) is 0.0667. The van der Waals surface area contributed by atoms with E-state index < -0.39 is 0 Å². The Labute approximate surface area is 125 Å².